The molecule has 0 radical (unpaired) electrons. The molecule has 0 aromatic heterocycles. The van der Waals surface area contributed by atoms with Gasteiger partial charge in [-0.1, -0.05) is 44.9 Å². The van der Waals surface area contributed by atoms with E-state index < -0.39 is 11.5 Å². The third-order valence-electron chi connectivity index (χ3n) is 5.91. The molecule has 1 saturated carbocycles. The van der Waals surface area contributed by atoms with Crippen LogP contribution in [-0.4, -0.2) is 48.3 Å². The normalized spacial score (nSPS) is 21.2. The van der Waals surface area contributed by atoms with Gasteiger partial charge in [-0.25, -0.2) is 4.79 Å². The Kier molecular flexibility index (Phi) is 9.15. The molecule has 0 saturated heterocycles. The van der Waals surface area contributed by atoms with Gasteiger partial charge in [-0.3, -0.25) is 0 Å². The lowest BCUT2D eigenvalue weighted by molar-refractivity contribution is -0.933. The van der Waals surface area contributed by atoms with E-state index >= 15 is 0 Å². The molecule has 0 aromatic rings. The van der Waals surface area contributed by atoms with E-state index in [0.29, 0.717) is 11.0 Å². The summed E-state index contributed by atoms with van der Waals surface area (Å²) in [6.45, 7) is 1.60. The summed E-state index contributed by atoms with van der Waals surface area (Å²) in [4.78, 5) is 12.3. The Morgan fingerprint density at radius 2 is 1.35 bits per heavy atom. The highest BCUT2D eigenvalue weighted by Crippen LogP contribution is 2.34. The number of rotatable bonds is 6. The summed E-state index contributed by atoms with van der Waals surface area (Å²) >= 11 is 0. The van der Waals surface area contributed by atoms with Crippen molar-refractivity contribution in [2.45, 2.75) is 89.0 Å². The fourth-order valence-electron chi connectivity index (χ4n) is 4.14. The Labute approximate surface area is 143 Å². The summed E-state index contributed by atoms with van der Waals surface area (Å²) in [5, 5.41) is 10.1. The largest absolute Gasteiger partial charge is 0.477 e. The zero-order chi connectivity index (χ0) is 17.2. The maximum Gasteiger partial charge on any atom is 0.365 e. The van der Waals surface area contributed by atoms with Crippen molar-refractivity contribution in [2.24, 2.45) is 5.73 Å². The van der Waals surface area contributed by atoms with Gasteiger partial charge < -0.3 is 15.3 Å². The average Bonchev–Trinajstić information content (AvgIpc) is 2.47. The molecule has 0 atom stereocenters. The molecule has 136 valence electrons. The first kappa shape index (κ1) is 20.4. The second-order valence-electron chi connectivity index (χ2n) is 7.92. The van der Waals surface area contributed by atoms with Crippen molar-refractivity contribution < 1.29 is 14.4 Å². The second kappa shape index (κ2) is 10.3. The zero-order valence-electron chi connectivity index (χ0n) is 15.5. The number of carbonyl (C=O) groups is 1. The van der Waals surface area contributed by atoms with Crippen molar-refractivity contribution >= 4 is 5.97 Å². The molecule has 0 heterocycles. The summed E-state index contributed by atoms with van der Waals surface area (Å²) in [5.41, 5.74) is 5.00. The van der Waals surface area contributed by atoms with Gasteiger partial charge in [-0.05, 0) is 32.2 Å². The third kappa shape index (κ3) is 6.07. The van der Waals surface area contributed by atoms with Crippen molar-refractivity contribution in [2.75, 3.05) is 27.2 Å². The maximum absolute atomic E-state index is 12.3. The van der Waals surface area contributed by atoms with Gasteiger partial charge in [0.1, 0.15) is 0 Å². The SMILES string of the molecule is C[N+](C)(CCCCN)C1(C(=O)O)CCCCCCCCCCC1. The van der Waals surface area contributed by atoms with Gasteiger partial charge in [-0.15, -0.1) is 0 Å². The molecule has 4 heteroatoms. The second-order valence-corrected chi connectivity index (χ2v) is 7.92. The Hall–Kier alpha value is -0.610. The fourth-order valence-corrected chi connectivity index (χ4v) is 4.14. The van der Waals surface area contributed by atoms with Gasteiger partial charge in [0, 0.05) is 12.8 Å². The summed E-state index contributed by atoms with van der Waals surface area (Å²) in [6.07, 6.45) is 14.6. The van der Waals surface area contributed by atoms with Crippen LogP contribution in [0.3, 0.4) is 0 Å². The van der Waals surface area contributed by atoms with Gasteiger partial charge in [-0.2, -0.15) is 0 Å². The monoisotopic (exact) mass is 327 g/mol. The molecule has 0 spiro atoms. The first-order valence-corrected chi connectivity index (χ1v) is 9.73. The fraction of sp³-hybridized carbons (Fsp3) is 0.947. The Morgan fingerprint density at radius 3 is 1.74 bits per heavy atom. The highest BCUT2D eigenvalue weighted by Gasteiger charge is 2.51. The molecule has 3 N–H and O–H groups in total. The minimum atomic E-state index is -0.617. The van der Waals surface area contributed by atoms with E-state index in [-0.39, 0.29) is 0 Å². The molecule has 0 aliphatic heterocycles. The van der Waals surface area contributed by atoms with E-state index in [4.69, 9.17) is 5.73 Å². The molecule has 0 bridgehead atoms. The quantitative estimate of drug-likeness (QED) is 0.574. The summed E-state index contributed by atoms with van der Waals surface area (Å²) in [6, 6.07) is 0. The van der Waals surface area contributed by atoms with Crippen molar-refractivity contribution in [3.05, 3.63) is 0 Å². The van der Waals surface area contributed by atoms with Gasteiger partial charge in [0.2, 0.25) is 0 Å². The Balaban J connectivity index is 2.86. The van der Waals surface area contributed by atoms with Crippen molar-refractivity contribution in [1.29, 1.82) is 0 Å². The van der Waals surface area contributed by atoms with Crippen LogP contribution in [0.2, 0.25) is 0 Å². The topological polar surface area (TPSA) is 63.3 Å². The van der Waals surface area contributed by atoms with Crippen molar-refractivity contribution in [3.8, 4) is 0 Å². The molecular weight excluding hydrogens is 288 g/mol. The van der Waals surface area contributed by atoms with Crippen LogP contribution in [0.25, 0.3) is 0 Å². The third-order valence-corrected chi connectivity index (χ3v) is 5.91. The van der Waals surface area contributed by atoms with Gasteiger partial charge in [0.25, 0.3) is 0 Å². The van der Waals surface area contributed by atoms with Crippen LogP contribution in [0, 0.1) is 0 Å². The molecule has 1 aliphatic rings. The van der Waals surface area contributed by atoms with Gasteiger partial charge in [0.15, 0.2) is 5.54 Å². The van der Waals surface area contributed by atoms with E-state index in [0.717, 1.165) is 45.1 Å². The van der Waals surface area contributed by atoms with Crippen LogP contribution in [0.5, 0.6) is 0 Å². The number of nitrogens with two attached hydrogens (primary N) is 1. The highest BCUT2D eigenvalue weighted by atomic mass is 16.4. The van der Waals surface area contributed by atoms with Crippen LogP contribution in [-0.2, 0) is 4.79 Å². The van der Waals surface area contributed by atoms with E-state index in [1.54, 1.807) is 0 Å². The molecule has 1 rings (SSSR count). The molecule has 23 heavy (non-hydrogen) atoms. The molecule has 1 fully saturated rings. The lowest BCUT2D eigenvalue weighted by Gasteiger charge is -2.46. The average molecular weight is 328 g/mol. The first-order valence-electron chi connectivity index (χ1n) is 9.73. The van der Waals surface area contributed by atoms with Gasteiger partial charge in [0.05, 0.1) is 20.6 Å². The highest BCUT2D eigenvalue weighted by molar-refractivity contribution is 5.77. The summed E-state index contributed by atoms with van der Waals surface area (Å²) in [5.74, 6) is -0.590. The summed E-state index contributed by atoms with van der Waals surface area (Å²) < 4.78 is 0.600. The first-order chi connectivity index (χ1) is 11.0. The number of hydrogen-bond donors (Lipinski definition) is 2. The minimum Gasteiger partial charge on any atom is -0.477 e. The van der Waals surface area contributed by atoms with Crippen LogP contribution in [0.4, 0.5) is 0 Å². The smallest absolute Gasteiger partial charge is 0.365 e. The van der Waals surface area contributed by atoms with Crippen LogP contribution in [0.1, 0.15) is 83.5 Å². The number of aliphatic carboxylic acids is 1. The number of quaternary nitrogens is 1. The summed E-state index contributed by atoms with van der Waals surface area (Å²) in [7, 11) is 4.24. The molecular formula is C19H39N2O2+. The molecule has 0 aromatic carbocycles. The lowest BCUT2D eigenvalue weighted by atomic mass is 9.82. The van der Waals surface area contributed by atoms with Gasteiger partial charge >= 0.3 is 5.97 Å². The molecule has 4 nitrogen and oxygen atoms in total. The standard InChI is InChI=1S/C19H38N2O2/c1-21(2,17-13-12-16-20)19(18(22)23)14-10-8-6-4-3-5-7-9-11-15-19/h3-17,20H2,1-2H3/p+1. The van der Waals surface area contributed by atoms with E-state index in [1.165, 1.54) is 44.9 Å². The zero-order valence-corrected chi connectivity index (χ0v) is 15.5. The van der Waals surface area contributed by atoms with Crippen LogP contribution < -0.4 is 5.73 Å². The van der Waals surface area contributed by atoms with Crippen LogP contribution in [0.15, 0.2) is 0 Å². The molecule has 0 unspecified atom stereocenters. The van der Waals surface area contributed by atoms with E-state index in [9.17, 15) is 9.90 Å². The Morgan fingerprint density at radius 1 is 0.913 bits per heavy atom. The maximum atomic E-state index is 12.3. The number of hydrogen-bond acceptors (Lipinski definition) is 2. The number of likely N-dealkylation sites (N-methyl/N-ethyl adjacent to an activating group) is 1. The lowest BCUT2D eigenvalue weighted by Crippen LogP contribution is -2.64. The van der Waals surface area contributed by atoms with E-state index in [2.05, 4.69) is 14.1 Å². The van der Waals surface area contributed by atoms with Crippen molar-refractivity contribution in [3.63, 3.8) is 0 Å². The van der Waals surface area contributed by atoms with Crippen molar-refractivity contribution in [1.82, 2.24) is 0 Å². The molecule has 1 aliphatic carbocycles. The number of unbranched alkanes of at least 4 members (excludes halogenated alkanes) is 1. The minimum absolute atomic E-state index is 0.590. The number of carboxylic acids is 1. The predicted octanol–water partition coefficient (Wildman–Crippen LogP) is 3.93. The molecule has 0 amide bonds. The Bertz CT molecular complexity index is 330. The predicted molar refractivity (Wildman–Crippen MR) is 96.4 cm³/mol. The van der Waals surface area contributed by atoms with E-state index in [1.807, 2.05) is 0 Å². The van der Waals surface area contributed by atoms with Crippen LogP contribution >= 0.6 is 0 Å². The number of carboxylic acid groups (broad SMARTS) is 1. The number of nitrogens with zero attached hydrogens (tertiary/aromatic N) is 1.